The Morgan fingerprint density at radius 3 is 2.80 bits per heavy atom. The van der Waals surface area contributed by atoms with E-state index < -0.39 is 0 Å². The van der Waals surface area contributed by atoms with Crippen molar-refractivity contribution in [2.75, 3.05) is 19.6 Å². The van der Waals surface area contributed by atoms with E-state index in [-0.39, 0.29) is 17.6 Å². The van der Waals surface area contributed by atoms with Crippen molar-refractivity contribution in [3.05, 3.63) is 0 Å². The third-order valence-corrected chi connectivity index (χ3v) is 3.48. The van der Waals surface area contributed by atoms with Crippen LogP contribution in [0.5, 0.6) is 0 Å². The predicted molar refractivity (Wildman–Crippen MR) is 57.5 cm³/mol. The number of likely N-dealkylation sites (tertiary alicyclic amines) is 1. The standard InChI is InChI=1S/C11H20N2O2/c1-2-4-11(5-3-6-12-11)10(15)13-7-9(14)8-13/h9,12,14H,2-8H2,1H3. The van der Waals surface area contributed by atoms with E-state index >= 15 is 0 Å². The second-order valence-corrected chi connectivity index (χ2v) is 4.73. The Morgan fingerprint density at radius 2 is 2.33 bits per heavy atom. The number of rotatable bonds is 3. The average molecular weight is 212 g/mol. The number of amides is 1. The Hall–Kier alpha value is -0.610. The van der Waals surface area contributed by atoms with Gasteiger partial charge >= 0.3 is 0 Å². The summed E-state index contributed by atoms with van der Waals surface area (Å²) < 4.78 is 0. The van der Waals surface area contributed by atoms with Crippen LogP contribution in [0.1, 0.15) is 32.6 Å². The van der Waals surface area contributed by atoms with Gasteiger partial charge in [-0.1, -0.05) is 13.3 Å². The molecule has 2 N–H and O–H groups in total. The van der Waals surface area contributed by atoms with Gasteiger partial charge in [-0.15, -0.1) is 0 Å². The highest BCUT2D eigenvalue weighted by molar-refractivity contribution is 5.87. The van der Waals surface area contributed by atoms with Crippen molar-refractivity contribution in [1.82, 2.24) is 10.2 Å². The topological polar surface area (TPSA) is 52.6 Å². The van der Waals surface area contributed by atoms with Crippen LogP contribution in [0.15, 0.2) is 0 Å². The van der Waals surface area contributed by atoms with E-state index in [9.17, 15) is 9.90 Å². The molecule has 2 fully saturated rings. The van der Waals surface area contributed by atoms with Crippen molar-refractivity contribution in [3.63, 3.8) is 0 Å². The van der Waals surface area contributed by atoms with E-state index in [2.05, 4.69) is 12.2 Å². The smallest absolute Gasteiger partial charge is 0.243 e. The molecule has 0 bridgehead atoms. The molecule has 2 heterocycles. The van der Waals surface area contributed by atoms with Crippen LogP contribution in [-0.4, -0.2) is 47.2 Å². The second-order valence-electron chi connectivity index (χ2n) is 4.73. The number of aliphatic hydroxyl groups excluding tert-OH is 1. The molecule has 4 heteroatoms. The van der Waals surface area contributed by atoms with Gasteiger partial charge in [0.15, 0.2) is 0 Å². The Morgan fingerprint density at radius 1 is 1.60 bits per heavy atom. The Balaban J connectivity index is 2.01. The van der Waals surface area contributed by atoms with Gasteiger partial charge in [0.25, 0.3) is 0 Å². The van der Waals surface area contributed by atoms with Crippen molar-refractivity contribution in [2.24, 2.45) is 0 Å². The fraction of sp³-hybridized carbons (Fsp3) is 0.909. The summed E-state index contributed by atoms with van der Waals surface area (Å²) in [7, 11) is 0. The molecule has 0 radical (unpaired) electrons. The van der Waals surface area contributed by atoms with E-state index in [1.54, 1.807) is 4.90 Å². The van der Waals surface area contributed by atoms with Crippen LogP contribution in [0, 0.1) is 0 Å². The summed E-state index contributed by atoms with van der Waals surface area (Å²) in [6, 6.07) is 0. The van der Waals surface area contributed by atoms with Gasteiger partial charge in [-0.2, -0.15) is 0 Å². The van der Waals surface area contributed by atoms with Crippen LogP contribution in [0.3, 0.4) is 0 Å². The number of nitrogens with one attached hydrogen (secondary N) is 1. The minimum atomic E-state index is -0.311. The zero-order valence-electron chi connectivity index (χ0n) is 9.33. The largest absolute Gasteiger partial charge is 0.389 e. The molecule has 0 aromatic heterocycles. The molecule has 0 aromatic carbocycles. The summed E-state index contributed by atoms with van der Waals surface area (Å²) in [5.74, 6) is 0.201. The molecule has 0 aromatic rings. The minimum absolute atomic E-state index is 0.201. The lowest BCUT2D eigenvalue weighted by Crippen LogP contribution is -2.63. The van der Waals surface area contributed by atoms with Gasteiger partial charge in [-0.05, 0) is 25.8 Å². The zero-order valence-corrected chi connectivity index (χ0v) is 9.33. The van der Waals surface area contributed by atoms with E-state index in [1.807, 2.05) is 0 Å². The molecule has 1 atom stereocenters. The zero-order chi connectivity index (χ0) is 10.9. The molecular weight excluding hydrogens is 192 g/mol. The summed E-state index contributed by atoms with van der Waals surface area (Å²) in [6.07, 6.45) is 3.68. The van der Waals surface area contributed by atoms with Crippen molar-refractivity contribution < 1.29 is 9.90 Å². The summed E-state index contributed by atoms with van der Waals surface area (Å²) in [6.45, 7) is 4.10. The van der Waals surface area contributed by atoms with Gasteiger partial charge < -0.3 is 15.3 Å². The van der Waals surface area contributed by atoms with E-state index in [0.717, 1.165) is 32.2 Å². The van der Waals surface area contributed by atoms with Gasteiger partial charge in [-0.25, -0.2) is 0 Å². The first-order chi connectivity index (χ1) is 7.18. The van der Waals surface area contributed by atoms with Crippen molar-refractivity contribution in [1.29, 1.82) is 0 Å². The number of hydrogen-bond donors (Lipinski definition) is 2. The molecule has 0 aliphatic carbocycles. The maximum Gasteiger partial charge on any atom is 0.243 e. The van der Waals surface area contributed by atoms with Gasteiger partial charge in [0.05, 0.1) is 11.6 Å². The van der Waals surface area contributed by atoms with Gasteiger partial charge in [0, 0.05) is 13.1 Å². The molecule has 2 aliphatic rings. The first kappa shape index (κ1) is 10.9. The maximum absolute atomic E-state index is 12.2. The fourth-order valence-electron chi connectivity index (χ4n) is 2.66. The molecule has 15 heavy (non-hydrogen) atoms. The first-order valence-corrected chi connectivity index (χ1v) is 5.90. The molecule has 4 nitrogen and oxygen atoms in total. The average Bonchev–Trinajstić information content (AvgIpc) is 2.62. The fourth-order valence-corrected chi connectivity index (χ4v) is 2.66. The number of nitrogens with zero attached hydrogens (tertiary/aromatic N) is 1. The summed E-state index contributed by atoms with van der Waals surface area (Å²) in [4.78, 5) is 14.0. The van der Waals surface area contributed by atoms with Crippen molar-refractivity contribution >= 4 is 5.91 Å². The third kappa shape index (κ3) is 1.88. The highest BCUT2D eigenvalue weighted by Gasteiger charge is 2.45. The Labute approximate surface area is 90.6 Å². The second kappa shape index (κ2) is 4.10. The number of hydrogen-bond acceptors (Lipinski definition) is 3. The highest BCUT2D eigenvalue weighted by Crippen LogP contribution is 2.28. The van der Waals surface area contributed by atoms with Crippen LogP contribution in [-0.2, 0) is 4.79 Å². The number of carbonyl (C=O) groups is 1. The molecule has 1 unspecified atom stereocenters. The molecule has 0 spiro atoms. The maximum atomic E-state index is 12.2. The first-order valence-electron chi connectivity index (χ1n) is 5.90. The van der Waals surface area contributed by atoms with Crippen LogP contribution in [0.2, 0.25) is 0 Å². The summed E-state index contributed by atoms with van der Waals surface area (Å²) in [5, 5.41) is 12.6. The minimum Gasteiger partial charge on any atom is -0.389 e. The summed E-state index contributed by atoms with van der Waals surface area (Å²) in [5.41, 5.74) is -0.311. The number of carbonyl (C=O) groups excluding carboxylic acids is 1. The van der Waals surface area contributed by atoms with Gasteiger partial charge in [0.1, 0.15) is 0 Å². The SMILES string of the molecule is CCCC1(C(=O)N2CC(O)C2)CCCN1. The highest BCUT2D eigenvalue weighted by atomic mass is 16.3. The van der Waals surface area contributed by atoms with E-state index in [1.165, 1.54) is 0 Å². The van der Waals surface area contributed by atoms with E-state index in [4.69, 9.17) is 0 Å². The normalized spacial score (nSPS) is 31.7. The van der Waals surface area contributed by atoms with Crippen LogP contribution in [0.25, 0.3) is 0 Å². The Bertz CT molecular complexity index is 243. The molecule has 2 aliphatic heterocycles. The number of β-amino-alcohol motifs (C(OH)–C–C–N with tert-alkyl or cyclic N) is 1. The Kier molecular flexibility index (Phi) is 2.98. The van der Waals surface area contributed by atoms with Crippen LogP contribution < -0.4 is 5.32 Å². The van der Waals surface area contributed by atoms with E-state index in [0.29, 0.717) is 13.1 Å². The third-order valence-electron chi connectivity index (χ3n) is 3.48. The van der Waals surface area contributed by atoms with Crippen LogP contribution >= 0.6 is 0 Å². The van der Waals surface area contributed by atoms with Crippen molar-refractivity contribution in [3.8, 4) is 0 Å². The molecular formula is C11H20N2O2. The quantitative estimate of drug-likeness (QED) is 0.698. The molecule has 86 valence electrons. The molecule has 2 rings (SSSR count). The number of aliphatic hydroxyl groups is 1. The predicted octanol–water partition coefficient (Wildman–Crippen LogP) is 0.112. The van der Waals surface area contributed by atoms with Gasteiger partial charge in [-0.3, -0.25) is 4.79 Å². The molecule has 2 saturated heterocycles. The molecule has 0 saturated carbocycles. The van der Waals surface area contributed by atoms with Crippen molar-refractivity contribution in [2.45, 2.75) is 44.2 Å². The summed E-state index contributed by atoms with van der Waals surface area (Å²) >= 11 is 0. The lowest BCUT2D eigenvalue weighted by Gasteiger charge is -2.42. The monoisotopic (exact) mass is 212 g/mol. The van der Waals surface area contributed by atoms with Gasteiger partial charge in [0.2, 0.25) is 5.91 Å². The lowest BCUT2D eigenvalue weighted by atomic mass is 9.89. The lowest BCUT2D eigenvalue weighted by molar-refractivity contribution is -0.148. The molecule has 1 amide bonds. The van der Waals surface area contributed by atoms with Crippen LogP contribution in [0.4, 0.5) is 0 Å².